The number of nitrogens with one attached hydrogen (secondary N) is 2. The molecule has 6 heteroatoms. The molecular formula is C18H25N5O. The predicted octanol–water partition coefficient (Wildman–Crippen LogP) is 3.40. The van der Waals surface area contributed by atoms with E-state index >= 15 is 0 Å². The second-order valence-corrected chi connectivity index (χ2v) is 5.76. The Bertz CT molecular complexity index is 648. The Hall–Kier alpha value is -2.63. The van der Waals surface area contributed by atoms with Crippen molar-refractivity contribution in [1.29, 1.82) is 0 Å². The van der Waals surface area contributed by atoms with E-state index in [1.165, 1.54) is 6.20 Å². The molecule has 128 valence electrons. The molecule has 0 atom stereocenters. The normalized spacial score (nSPS) is 10.5. The lowest BCUT2D eigenvalue weighted by Gasteiger charge is -2.21. The van der Waals surface area contributed by atoms with Crippen molar-refractivity contribution in [2.24, 2.45) is 0 Å². The highest BCUT2D eigenvalue weighted by Gasteiger charge is 2.09. The van der Waals surface area contributed by atoms with Crippen molar-refractivity contribution < 1.29 is 4.79 Å². The fourth-order valence-corrected chi connectivity index (χ4v) is 2.36. The van der Waals surface area contributed by atoms with E-state index in [-0.39, 0.29) is 17.6 Å². The molecule has 2 rings (SSSR count). The quantitative estimate of drug-likeness (QED) is 0.815. The van der Waals surface area contributed by atoms with Gasteiger partial charge in [0.2, 0.25) is 0 Å². The van der Waals surface area contributed by atoms with Gasteiger partial charge in [0.25, 0.3) is 5.91 Å². The molecule has 1 heterocycles. The molecule has 24 heavy (non-hydrogen) atoms. The van der Waals surface area contributed by atoms with Gasteiger partial charge in [0.05, 0.1) is 12.4 Å². The number of hydrogen-bond acceptors (Lipinski definition) is 5. The van der Waals surface area contributed by atoms with Crippen molar-refractivity contribution in [3.8, 4) is 0 Å². The summed E-state index contributed by atoms with van der Waals surface area (Å²) in [5, 5.41) is 5.98. The van der Waals surface area contributed by atoms with E-state index in [1.54, 1.807) is 6.20 Å². The van der Waals surface area contributed by atoms with Crippen molar-refractivity contribution >= 4 is 23.1 Å². The van der Waals surface area contributed by atoms with E-state index in [0.717, 1.165) is 24.5 Å². The van der Waals surface area contributed by atoms with Gasteiger partial charge in [0.15, 0.2) is 0 Å². The average Bonchev–Trinajstić information content (AvgIpc) is 2.57. The lowest BCUT2D eigenvalue weighted by atomic mass is 10.2. The van der Waals surface area contributed by atoms with Crippen LogP contribution in [-0.4, -0.2) is 35.0 Å². The summed E-state index contributed by atoms with van der Waals surface area (Å²) in [6, 6.07) is 8.07. The van der Waals surface area contributed by atoms with E-state index in [0.29, 0.717) is 5.82 Å². The molecule has 2 aromatic rings. The van der Waals surface area contributed by atoms with Gasteiger partial charge in [-0.15, -0.1) is 0 Å². The first kappa shape index (κ1) is 17.7. The van der Waals surface area contributed by atoms with Gasteiger partial charge in [0, 0.05) is 30.5 Å². The molecule has 0 radical (unpaired) electrons. The van der Waals surface area contributed by atoms with Gasteiger partial charge >= 0.3 is 0 Å². The molecule has 0 aliphatic rings. The van der Waals surface area contributed by atoms with Gasteiger partial charge < -0.3 is 15.5 Å². The smallest absolute Gasteiger partial charge is 0.275 e. The highest BCUT2D eigenvalue weighted by atomic mass is 16.1. The molecule has 0 aliphatic heterocycles. The van der Waals surface area contributed by atoms with Crippen LogP contribution in [0.3, 0.4) is 0 Å². The number of carbonyl (C=O) groups is 1. The van der Waals surface area contributed by atoms with Crippen LogP contribution < -0.4 is 15.5 Å². The zero-order chi connectivity index (χ0) is 17.5. The number of hydrogen-bond donors (Lipinski definition) is 2. The average molecular weight is 327 g/mol. The third kappa shape index (κ3) is 4.68. The molecule has 0 spiro atoms. The summed E-state index contributed by atoms with van der Waals surface area (Å²) in [5.74, 6) is 0.388. The molecule has 1 aromatic heterocycles. The number of anilines is 3. The van der Waals surface area contributed by atoms with Crippen LogP contribution in [0.15, 0.2) is 36.7 Å². The number of rotatable bonds is 7. The minimum absolute atomic E-state index is 0.267. The molecule has 6 nitrogen and oxygen atoms in total. The summed E-state index contributed by atoms with van der Waals surface area (Å²) in [5.41, 5.74) is 2.17. The first-order valence-electron chi connectivity index (χ1n) is 8.28. The Kier molecular flexibility index (Phi) is 6.12. The standard InChI is InChI=1S/C18H25N5O/c1-5-23(6-2)15-9-7-14(8-10-15)22-18(24)16-11-20-17(12-19-16)21-13(3)4/h7-13H,5-6H2,1-4H3,(H,20,21)(H,22,24). The van der Waals surface area contributed by atoms with Crippen LogP contribution in [0.5, 0.6) is 0 Å². The highest BCUT2D eigenvalue weighted by Crippen LogP contribution is 2.18. The predicted molar refractivity (Wildman–Crippen MR) is 98.7 cm³/mol. The fraction of sp³-hybridized carbons (Fsp3) is 0.389. The lowest BCUT2D eigenvalue weighted by molar-refractivity contribution is 0.102. The van der Waals surface area contributed by atoms with E-state index < -0.39 is 0 Å². The molecular weight excluding hydrogens is 302 g/mol. The largest absolute Gasteiger partial charge is 0.372 e. The fourth-order valence-electron chi connectivity index (χ4n) is 2.36. The molecule has 1 aromatic carbocycles. The Balaban J connectivity index is 2.01. The van der Waals surface area contributed by atoms with Crippen molar-refractivity contribution in [2.45, 2.75) is 33.7 Å². The molecule has 0 aliphatic carbocycles. The minimum atomic E-state index is -0.269. The maximum atomic E-state index is 12.2. The maximum absolute atomic E-state index is 12.2. The van der Waals surface area contributed by atoms with Crippen molar-refractivity contribution in [3.05, 3.63) is 42.4 Å². The number of carbonyl (C=O) groups excluding carboxylic acids is 1. The SMILES string of the molecule is CCN(CC)c1ccc(NC(=O)c2cnc(NC(C)C)cn2)cc1. The van der Waals surface area contributed by atoms with E-state index in [4.69, 9.17) is 0 Å². The highest BCUT2D eigenvalue weighted by molar-refractivity contribution is 6.02. The monoisotopic (exact) mass is 327 g/mol. The van der Waals surface area contributed by atoms with Crippen molar-refractivity contribution in [1.82, 2.24) is 9.97 Å². The van der Waals surface area contributed by atoms with Crippen LogP contribution in [0, 0.1) is 0 Å². The third-order valence-electron chi connectivity index (χ3n) is 3.57. The van der Waals surface area contributed by atoms with Crippen LogP contribution in [0.25, 0.3) is 0 Å². The van der Waals surface area contributed by atoms with Crippen molar-refractivity contribution in [2.75, 3.05) is 28.6 Å². The molecule has 0 saturated carbocycles. The summed E-state index contributed by atoms with van der Waals surface area (Å²) in [7, 11) is 0. The summed E-state index contributed by atoms with van der Waals surface area (Å²) < 4.78 is 0. The molecule has 0 saturated heterocycles. The molecule has 0 unspecified atom stereocenters. The summed E-state index contributed by atoms with van der Waals surface area (Å²) in [4.78, 5) is 22.8. The second kappa shape index (κ2) is 8.29. The van der Waals surface area contributed by atoms with Gasteiger partial charge in [-0.3, -0.25) is 4.79 Å². The zero-order valence-electron chi connectivity index (χ0n) is 14.7. The Labute approximate surface area is 143 Å². The Morgan fingerprint density at radius 1 is 1.08 bits per heavy atom. The van der Waals surface area contributed by atoms with Gasteiger partial charge in [-0.2, -0.15) is 0 Å². The second-order valence-electron chi connectivity index (χ2n) is 5.76. The van der Waals surface area contributed by atoms with Crippen LogP contribution in [-0.2, 0) is 0 Å². The summed E-state index contributed by atoms with van der Waals surface area (Å²) in [6.45, 7) is 10.2. The number of nitrogens with zero attached hydrogens (tertiary/aromatic N) is 3. The molecule has 1 amide bonds. The van der Waals surface area contributed by atoms with E-state index in [9.17, 15) is 4.79 Å². The topological polar surface area (TPSA) is 70.2 Å². The Morgan fingerprint density at radius 2 is 1.75 bits per heavy atom. The minimum Gasteiger partial charge on any atom is -0.372 e. The maximum Gasteiger partial charge on any atom is 0.275 e. The first-order chi connectivity index (χ1) is 11.5. The summed E-state index contributed by atoms with van der Waals surface area (Å²) >= 11 is 0. The number of aromatic nitrogens is 2. The zero-order valence-corrected chi connectivity index (χ0v) is 14.7. The summed E-state index contributed by atoms with van der Waals surface area (Å²) in [6.07, 6.45) is 3.04. The van der Waals surface area contributed by atoms with Crippen LogP contribution in [0.4, 0.5) is 17.2 Å². The third-order valence-corrected chi connectivity index (χ3v) is 3.57. The first-order valence-corrected chi connectivity index (χ1v) is 8.28. The van der Waals surface area contributed by atoms with Crippen LogP contribution in [0.2, 0.25) is 0 Å². The van der Waals surface area contributed by atoms with Crippen molar-refractivity contribution in [3.63, 3.8) is 0 Å². The van der Waals surface area contributed by atoms with E-state index in [1.807, 2.05) is 38.1 Å². The van der Waals surface area contributed by atoms with E-state index in [2.05, 4.69) is 39.3 Å². The van der Waals surface area contributed by atoms with Gasteiger partial charge in [-0.05, 0) is 52.0 Å². The Morgan fingerprint density at radius 3 is 2.25 bits per heavy atom. The lowest BCUT2D eigenvalue weighted by Crippen LogP contribution is -2.21. The molecule has 2 N–H and O–H groups in total. The van der Waals surface area contributed by atoms with Crippen LogP contribution >= 0.6 is 0 Å². The molecule has 0 bridgehead atoms. The number of benzene rings is 1. The van der Waals surface area contributed by atoms with Crippen LogP contribution in [0.1, 0.15) is 38.2 Å². The number of amides is 1. The van der Waals surface area contributed by atoms with Gasteiger partial charge in [-0.25, -0.2) is 9.97 Å². The van der Waals surface area contributed by atoms with Gasteiger partial charge in [-0.1, -0.05) is 0 Å². The van der Waals surface area contributed by atoms with Gasteiger partial charge in [0.1, 0.15) is 11.5 Å². The molecule has 0 fully saturated rings.